The van der Waals surface area contributed by atoms with Crippen LogP contribution in [-0.2, 0) is 4.79 Å². The molecule has 0 radical (unpaired) electrons. The van der Waals surface area contributed by atoms with Crippen LogP contribution in [0.2, 0.25) is 0 Å². The number of carbonyl (C=O) groups is 1. The van der Waals surface area contributed by atoms with Crippen LogP contribution < -0.4 is 5.32 Å². The molecule has 1 aromatic rings. The molecule has 1 amide bonds. The van der Waals surface area contributed by atoms with Crippen LogP contribution in [0.4, 0.5) is 4.39 Å². The predicted octanol–water partition coefficient (Wildman–Crippen LogP) is 2.98. The fourth-order valence-electron chi connectivity index (χ4n) is 2.17. The van der Waals surface area contributed by atoms with Crippen LogP contribution >= 0.6 is 0 Å². The number of halogens is 1. The molecule has 20 heavy (non-hydrogen) atoms. The molecule has 3 nitrogen and oxygen atoms in total. The van der Waals surface area contributed by atoms with E-state index in [9.17, 15) is 9.18 Å². The molecule has 0 aromatic heterocycles. The first kappa shape index (κ1) is 16.6. The van der Waals surface area contributed by atoms with E-state index in [2.05, 4.69) is 10.2 Å². The second kappa shape index (κ2) is 8.00. The summed E-state index contributed by atoms with van der Waals surface area (Å²) in [6.07, 6.45) is 0. The Bertz CT molecular complexity index is 413. The summed E-state index contributed by atoms with van der Waals surface area (Å²) in [6, 6.07) is 6.25. The third kappa shape index (κ3) is 4.93. The van der Waals surface area contributed by atoms with E-state index in [1.54, 1.807) is 12.1 Å². The summed E-state index contributed by atoms with van der Waals surface area (Å²) in [6.45, 7) is 10.3. The fraction of sp³-hybridized carbons (Fsp3) is 0.562. The molecule has 0 fully saturated rings. The third-order valence-electron chi connectivity index (χ3n) is 3.47. The molecule has 0 saturated carbocycles. The molecule has 112 valence electrons. The molecular formula is C16H25FN2O. The summed E-state index contributed by atoms with van der Waals surface area (Å²) in [5, 5.41) is 3.05. The fourth-order valence-corrected chi connectivity index (χ4v) is 2.17. The standard InChI is InChI=1S/C16H25FN2O/c1-5-19(6-2)11-15(20)18-16(12(3)4)13-7-9-14(17)10-8-13/h7-10,12,16H,5-6,11H2,1-4H3,(H,18,20). The number of nitrogens with zero attached hydrogens (tertiary/aromatic N) is 1. The van der Waals surface area contributed by atoms with Gasteiger partial charge in [-0.05, 0) is 36.7 Å². The molecule has 0 bridgehead atoms. The van der Waals surface area contributed by atoms with Crippen molar-refractivity contribution in [2.45, 2.75) is 33.7 Å². The van der Waals surface area contributed by atoms with Gasteiger partial charge in [0.25, 0.3) is 0 Å². The van der Waals surface area contributed by atoms with Gasteiger partial charge in [-0.25, -0.2) is 4.39 Å². The SMILES string of the molecule is CCN(CC)CC(=O)NC(c1ccc(F)cc1)C(C)C. The molecule has 1 rings (SSSR count). The second-order valence-corrected chi connectivity index (χ2v) is 5.30. The second-order valence-electron chi connectivity index (χ2n) is 5.30. The Kier molecular flexibility index (Phi) is 6.65. The normalized spacial score (nSPS) is 12.8. The van der Waals surface area contributed by atoms with Gasteiger partial charge < -0.3 is 5.32 Å². The average molecular weight is 280 g/mol. The number of carbonyl (C=O) groups excluding carboxylic acids is 1. The van der Waals surface area contributed by atoms with E-state index in [-0.39, 0.29) is 23.7 Å². The molecule has 1 aromatic carbocycles. The van der Waals surface area contributed by atoms with Crippen LogP contribution in [0.15, 0.2) is 24.3 Å². The molecular weight excluding hydrogens is 255 g/mol. The molecule has 1 N–H and O–H groups in total. The quantitative estimate of drug-likeness (QED) is 0.833. The van der Waals surface area contributed by atoms with E-state index in [1.165, 1.54) is 12.1 Å². The summed E-state index contributed by atoms with van der Waals surface area (Å²) in [4.78, 5) is 14.2. The van der Waals surface area contributed by atoms with Gasteiger partial charge in [-0.1, -0.05) is 39.8 Å². The first-order valence-corrected chi connectivity index (χ1v) is 7.25. The van der Waals surface area contributed by atoms with Crippen LogP contribution in [0.25, 0.3) is 0 Å². The highest BCUT2D eigenvalue weighted by Gasteiger charge is 2.19. The van der Waals surface area contributed by atoms with E-state index >= 15 is 0 Å². The van der Waals surface area contributed by atoms with Gasteiger partial charge >= 0.3 is 0 Å². The van der Waals surface area contributed by atoms with Crippen LogP contribution in [0.3, 0.4) is 0 Å². The van der Waals surface area contributed by atoms with Gasteiger partial charge in [0.2, 0.25) is 5.91 Å². The summed E-state index contributed by atoms with van der Waals surface area (Å²) < 4.78 is 13.0. The lowest BCUT2D eigenvalue weighted by atomic mass is 9.96. The lowest BCUT2D eigenvalue weighted by Gasteiger charge is -2.25. The molecule has 0 aliphatic rings. The number of amides is 1. The maximum atomic E-state index is 13.0. The minimum atomic E-state index is -0.259. The van der Waals surface area contributed by atoms with Gasteiger partial charge in [0, 0.05) is 0 Å². The summed E-state index contributed by atoms with van der Waals surface area (Å²) in [7, 11) is 0. The smallest absolute Gasteiger partial charge is 0.234 e. The van der Waals surface area contributed by atoms with Gasteiger partial charge in [-0.2, -0.15) is 0 Å². The highest BCUT2D eigenvalue weighted by Crippen LogP contribution is 2.21. The molecule has 0 heterocycles. The van der Waals surface area contributed by atoms with Crippen LogP contribution in [0.5, 0.6) is 0 Å². The zero-order chi connectivity index (χ0) is 15.1. The largest absolute Gasteiger partial charge is 0.348 e. The third-order valence-corrected chi connectivity index (χ3v) is 3.47. The van der Waals surface area contributed by atoms with Gasteiger partial charge in [0.05, 0.1) is 12.6 Å². The molecule has 0 aliphatic carbocycles. The van der Waals surface area contributed by atoms with Crippen LogP contribution in [0, 0.1) is 11.7 Å². The molecule has 0 spiro atoms. The Morgan fingerprint density at radius 3 is 2.20 bits per heavy atom. The monoisotopic (exact) mass is 280 g/mol. The minimum Gasteiger partial charge on any atom is -0.348 e. The number of likely N-dealkylation sites (N-methyl/N-ethyl adjacent to an activating group) is 1. The molecule has 1 atom stereocenters. The van der Waals surface area contributed by atoms with Gasteiger partial charge in [-0.3, -0.25) is 9.69 Å². The van der Waals surface area contributed by atoms with E-state index < -0.39 is 0 Å². The maximum absolute atomic E-state index is 13.0. The van der Waals surface area contributed by atoms with E-state index in [4.69, 9.17) is 0 Å². The van der Waals surface area contributed by atoms with Crippen molar-refractivity contribution in [3.05, 3.63) is 35.6 Å². The van der Waals surface area contributed by atoms with E-state index in [1.807, 2.05) is 27.7 Å². The van der Waals surface area contributed by atoms with Crippen molar-refractivity contribution in [2.75, 3.05) is 19.6 Å². The number of hydrogen-bond donors (Lipinski definition) is 1. The molecule has 0 aliphatic heterocycles. The van der Waals surface area contributed by atoms with Crippen molar-refractivity contribution in [2.24, 2.45) is 5.92 Å². The summed E-state index contributed by atoms with van der Waals surface area (Å²) >= 11 is 0. The molecule has 1 unspecified atom stereocenters. The van der Waals surface area contributed by atoms with Crippen molar-refractivity contribution < 1.29 is 9.18 Å². The Labute approximate surface area is 121 Å². The average Bonchev–Trinajstić information content (AvgIpc) is 2.43. The minimum absolute atomic E-state index is 0.0109. The van der Waals surface area contributed by atoms with E-state index in [0.29, 0.717) is 6.54 Å². The Morgan fingerprint density at radius 2 is 1.75 bits per heavy atom. The van der Waals surface area contributed by atoms with Crippen molar-refractivity contribution in [3.8, 4) is 0 Å². The van der Waals surface area contributed by atoms with Crippen LogP contribution in [0.1, 0.15) is 39.3 Å². The Hall–Kier alpha value is -1.42. The van der Waals surface area contributed by atoms with Crippen molar-refractivity contribution in [1.82, 2.24) is 10.2 Å². The Morgan fingerprint density at radius 1 is 1.20 bits per heavy atom. The van der Waals surface area contributed by atoms with Crippen LogP contribution in [-0.4, -0.2) is 30.4 Å². The van der Waals surface area contributed by atoms with Gasteiger partial charge in [-0.15, -0.1) is 0 Å². The van der Waals surface area contributed by atoms with Gasteiger partial charge in [0.1, 0.15) is 5.82 Å². The number of hydrogen-bond acceptors (Lipinski definition) is 2. The zero-order valence-electron chi connectivity index (χ0n) is 12.8. The maximum Gasteiger partial charge on any atom is 0.234 e. The summed E-state index contributed by atoms with van der Waals surface area (Å²) in [5.41, 5.74) is 0.939. The predicted molar refractivity (Wildman–Crippen MR) is 79.9 cm³/mol. The molecule has 0 saturated heterocycles. The van der Waals surface area contributed by atoms with Crippen molar-refractivity contribution in [1.29, 1.82) is 0 Å². The highest BCUT2D eigenvalue weighted by atomic mass is 19.1. The number of nitrogens with one attached hydrogen (secondary N) is 1. The topological polar surface area (TPSA) is 32.3 Å². The summed E-state index contributed by atoms with van der Waals surface area (Å²) in [5.74, 6) is 0.00330. The number of benzene rings is 1. The van der Waals surface area contributed by atoms with E-state index in [0.717, 1.165) is 18.7 Å². The lowest BCUT2D eigenvalue weighted by molar-refractivity contribution is -0.123. The zero-order valence-corrected chi connectivity index (χ0v) is 12.8. The van der Waals surface area contributed by atoms with Crippen molar-refractivity contribution in [3.63, 3.8) is 0 Å². The highest BCUT2D eigenvalue weighted by molar-refractivity contribution is 5.78. The molecule has 4 heteroatoms. The van der Waals surface area contributed by atoms with Gasteiger partial charge in [0.15, 0.2) is 0 Å². The van der Waals surface area contributed by atoms with Crippen molar-refractivity contribution >= 4 is 5.91 Å². The lowest BCUT2D eigenvalue weighted by Crippen LogP contribution is -2.40. The first-order valence-electron chi connectivity index (χ1n) is 7.25. The number of rotatable bonds is 7. The first-order chi connectivity index (χ1) is 9.47. The Balaban J connectivity index is 2.73.